The van der Waals surface area contributed by atoms with E-state index < -0.39 is 11.8 Å². The topological polar surface area (TPSA) is 66.5 Å². The maximum atomic E-state index is 12.3. The van der Waals surface area contributed by atoms with Crippen molar-refractivity contribution in [2.75, 3.05) is 19.3 Å². The van der Waals surface area contributed by atoms with Gasteiger partial charge in [0.2, 0.25) is 11.8 Å². The van der Waals surface area contributed by atoms with E-state index in [0.29, 0.717) is 5.56 Å². The molecule has 0 atom stereocenters. The van der Waals surface area contributed by atoms with Crippen LogP contribution in [0.25, 0.3) is 0 Å². The van der Waals surface area contributed by atoms with Crippen LogP contribution in [0.15, 0.2) is 29.2 Å². The summed E-state index contributed by atoms with van der Waals surface area (Å²) in [5.41, 5.74) is 0.521. The summed E-state index contributed by atoms with van der Waals surface area (Å²) in [7, 11) is 0. The van der Waals surface area contributed by atoms with Crippen molar-refractivity contribution in [3.05, 3.63) is 29.8 Å². The first-order chi connectivity index (χ1) is 8.61. The van der Waals surface area contributed by atoms with Gasteiger partial charge in [-0.2, -0.15) is 0 Å². The molecule has 0 unspecified atom stereocenters. The SMILES string of the molecule is CSc1ccccc1C(=O)N1CC(=O)NC(=O)C1. The molecule has 94 valence electrons. The highest BCUT2D eigenvalue weighted by Crippen LogP contribution is 2.21. The lowest BCUT2D eigenvalue weighted by Gasteiger charge is -2.26. The second kappa shape index (κ2) is 5.22. The molecule has 1 aliphatic heterocycles. The Kier molecular flexibility index (Phi) is 3.66. The lowest BCUT2D eigenvalue weighted by Crippen LogP contribution is -2.53. The molecule has 0 radical (unpaired) electrons. The maximum Gasteiger partial charge on any atom is 0.255 e. The van der Waals surface area contributed by atoms with Crippen molar-refractivity contribution < 1.29 is 14.4 Å². The normalized spacial score (nSPS) is 15.5. The number of imide groups is 1. The largest absolute Gasteiger partial charge is 0.320 e. The third-order valence-electron chi connectivity index (χ3n) is 2.57. The zero-order valence-corrected chi connectivity index (χ0v) is 10.6. The average Bonchev–Trinajstić information content (AvgIpc) is 2.36. The first-order valence-electron chi connectivity index (χ1n) is 5.37. The van der Waals surface area contributed by atoms with E-state index in [0.717, 1.165) is 4.90 Å². The van der Waals surface area contributed by atoms with Gasteiger partial charge in [-0.15, -0.1) is 11.8 Å². The van der Waals surface area contributed by atoms with Crippen LogP contribution in [-0.2, 0) is 9.59 Å². The molecule has 3 amide bonds. The Morgan fingerprint density at radius 1 is 1.22 bits per heavy atom. The van der Waals surface area contributed by atoms with Gasteiger partial charge < -0.3 is 4.90 Å². The van der Waals surface area contributed by atoms with E-state index in [2.05, 4.69) is 5.32 Å². The van der Waals surface area contributed by atoms with Crippen LogP contribution in [0.4, 0.5) is 0 Å². The fourth-order valence-corrected chi connectivity index (χ4v) is 2.36. The zero-order valence-electron chi connectivity index (χ0n) is 9.80. The number of rotatable bonds is 2. The predicted octanol–water partition coefficient (Wildman–Crippen LogP) is 0.507. The van der Waals surface area contributed by atoms with Crippen molar-refractivity contribution in [1.82, 2.24) is 10.2 Å². The first kappa shape index (κ1) is 12.6. The van der Waals surface area contributed by atoms with Crippen LogP contribution < -0.4 is 5.32 Å². The molecule has 1 aromatic carbocycles. The van der Waals surface area contributed by atoms with E-state index in [1.807, 2.05) is 18.4 Å². The molecule has 0 bridgehead atoms. The number of piperazine rings is 1. The third kappa shape index (κ3) is 2.53. The van der Waals surface area contributed by atoms with E-state index in [4.69, 9.17) is 0 Å². The molecule has 6 heteroatoms. The smallest absolute Gasteiger partial charge is 0.255 e. The number of hydrogen-bond donors (Lipinski definition) is 1. The van der Waals surface area contributed by atoms with Crippen LogP contribution in [0.1, 0.15) is 10.4 Å². The molecular weight excluding hydrogens is 252 g/mol. The maximum absolute atomic E-state index is 12.3. The van der Waals surface area contributed by atoms with Crippen molar-refractivity contribution in [1.29, 1.82) is 0 Å². The number of carbonyl (C=O) groups is 3. The molecule has 5 nitrogen and oxygen atoms in total. The lowest BCUT2D eigenvalue weighted by molar-refractivity contribution is -0.135. The van der Waals surface area contributed by atoms with Gasteiger partial charge in [0.1, 0.15) is 13.1 Å². The Hall–Kier alpha value is -1.82. The van der Waals surface area contributed by atoms with E-state index in [-0.39, 0.29) is 19.0 Å². The lowest BCUT2D eigenvalue weighted by atomic mass is 10.2. The molecule has 1 aromatic rings. The number of nitrogens with zero attached hydrogens (tertiary/aromatic N) is 1. The Bertz CT molecular complexity index is 500. The van der Waals surface area contributed by atoms with Gasteiger partial charge in [-0.25, -0.2) is 0 Å². The molecule has 0 saturated carbocycles. The van der Waals surface area contributed by atoms with Crippen LogP contribution in [0.2, 0.25) is 0 Å². The summed E-state index contributed by atoms with van der Waals surface area (Å²) in [6, 6.07) is 7.14. The Balaban J connectivity index is 2.25. The van der Waals surface area contributed by atoms with E-state index in [1.54, 1.807) is 12.1 Å². The summed E-state index contributed by atoms with van der Waals surface area (Å²) < 4.78 is 0. The van der Waals surface area contributed by atoms with Crippen molar-refractivity contribution >= 4 is 29.5 Å². The molecule has 0 spiro atoms. The summed E-state index contributed by atoms with van der Waals surface area (Å²) in [6.07, 6.45) is 1.88. The minimum atomic E-state index is -0.443. The molecule has 1 N–H and O–H groups in total. The minimum absolute atomic E-state index is 0.0761. The first-order valence-corrected chi connectivity index (χ1v) is 6.59. The van der Waals surface area contributed by atoms with E-state index in [9.17, 15) is 14.4 Å². The highest BCUT2D eigenvalue weighted by Gasteiger charge is 2.27. The van der Waals surface area contributed by atoms with Crippen LogP contribution in [0.3, 0.4) is 0 Å². The van der Waals surface area contributed by atoms with Gasteiger partial charge in [0.05, 0.1) is 5.56 Å². The quantitative estimate of drug-likeness (QED) is 0.624. The molecule has 1 fully saturated rings. The highest BCUT2D eigenvalue weighted by molar-refractivity contribution is 7.98. The van der Waals surface area contributed by atoms with Gasteiger partial charge >= 0.3 is 0 Å². The number of benzene rings is 1. The molecule has 1 saturated heterocycles. The van der Waals surface area contributed by atoms with Crippen LogP contribution in [0.5, 0.6) is 0 Å². The standard InChI is InChI=1S/C12H12N2O3S/c1-18-9-5-3-2-4-8(9)12(17)14-6-10(15)13-11(16)7-14/h2-5H,6-7H2,1H3,(H,13,15,16). The minimum Gasteiger partial charge on any atom is -0.320 e. The molecule has 0 aliphatic carbocycles. The van der Waals surface area contributed by atoms with Gasteiger partial charge in [0.25, 0.3) is 5.91 Å². The number of thioether (sulfide) groups is 1. The fourth-order valence-electron chi connectivity index (χ4n) is 1.77. The van der Waals surface area contributed by atoms with Crippen LogP contribution in [0, 0.1) is 0 Å². The van der Waals surface area contributed by atoms with Crippen LogP contribution >= 0.6 is 11.8 Å². The summed E-state index contributed by atoms with van der Waals surface area (Å²) in [5.74, 6) is -1.18. The number of amides is 3. The average molecular weight is 264 g/mol. The van der Waals surface area contributed by atoms with E-state index in [1.165, 1.54) is 16.7 Å². The Morgan fingerprint density at radius 3 is 2.44 bits per heavy atom. The van der Waals surface area contributed by atoms with E-state index >= 15 is 0 Å². The van der Waals surface area contributed by atoms with Gasteiger partial charge in [-0.3, -0.25) is 19.7 Å². The molecular formula is C12H12N2O3S. The molecule has 18 heavy (non-hydrogen) atoms. The summed E-state index contributed by atoms with van der Waals surface area (Å²) in [6.45, 7) is -0.152. The molecule has 1 heterocycles. The summed E-state index contributed by atoms with van der Waals surface area (Å²) >= 11 is 1.46. The number of hydrogen-bond acceptors (Lipinski definition) is 4. The summed E-state index contributed by atoms with van der Waals surface area (Å²) in [4.78, 5) is 36.8. The van der Waals surface area contributed by atoms with Gasteiger partial charge in [-0.05, 0) is 18.4 Å². The van der Waals surface area contributed by atoms with Gasteiger partial charge in [-0.1, -0.05) is 12.1 Å². The monoisotopic (exact) mass is 264 g/mol. The highest BCUT2D eigenvalue weighted by atomic mass is 32.2. The zero-order chi connectivity index (χ0) is 13.1. The van der Waals surface area contributed by atoms with Crippen LogP contribution in [-0.4, -0.2) is 42.0 Å². The second-order valence-corrected chi connectivity index (χ2v) is 4.68. The fraction of sp³-hybridized carbons (Fsp3) is 0.250. The van der Waals surface area contributed by atoms with Crippen molar-refractivity contribution in [3.63, 3.8) is 0 Å². The van der Waals surface area contributed by atoms with Gasteiger partial charge in [0, 0.05) is 4.90 Å². The number of nitrogens with one attached hydrogen (secondary N) is 1. The van der Waals surface area contributed by atoms with Crippen molar-refractivity contribution in [2.24, 2.45) is 0 Å². The Morgan fingerprint density at radius 2 is 1.83 bits per heavy atom. The summed E-state index contributed by atoms with van der Waals surface area (Å²) in [5, 5.41) is 2.17. The Labute approximate surface area is 109 Å². The van der Waals surface area contributed by atoms with Gasteiger partial charge in [0.15, 0.2) is 0 Å². The molecule has 1 aliphatic rings. The van der Waals surface area contributed by atoms with Crippen molar-refractivity contribution in [3.8, 4) is 0 Å². The third-order valence-corrected chi connectivity index (χ3v) is 3.37. The predicted molar refractivity (Wildman–Crippen MR) is 67.3 cm³/mol. The second-order valence-electron chi connectivity index (χ2n) is 3.83. The number of carbonyl (C=O) groups excluding carboxylic acids is 3. The molecule has 2 rings (SSSR count). The molecule has 0 aromatic heterocycles. The van der Waals surface area contributed by atoms with Crippen molar-refractivity contribution in [2.45, 2.75) is 4.90 Å².